The fourth-order valence-corrected chi connectivity index (χ4v) is 3.70. The Bertz CT molecular complexity index is 1090. The maximum absolute atomic E-state index is 12.6. The van der Waals surface area contributed by atoms with Crippen molar-refractivity contribution in [1.82, 2.24) is 8.96 Å². The van der Waals surface area contributed by atoms with Crippen molar-refractivity contribution in [3.8, 4) is 0 Å². The standard InChI is InChI=1S/C17H17ClN4O3S/c1-10(2)26(24,25)22-15-9-13(7-8-14(15)21-17(22)19)20-16(23)11-3-5-12(18)6-4-11/h3-10H,1-2H3,(H2,19,21)(H,20,23). The Balaban J connectivity index is 2.01. The molecule has 26 heavy (non-hydrogen) atoms. The second-order valence-corrected chi connectivity index (χ2v) is 8.77. The first-order valence-corrected chi connectivity index (χ1v) is 9.67. The lowest BCUT2D eigenvalue weighted by Crippen LogP contribution is -2.23. The van der Waals surface area contributed by atoms with E-state index >= 15 is 0 Å². The van der Waals surface area contributed by atoms with E-state index in [9.17, 15) is 13.2 Å². The van der Waals surface area contributed by atoms with Crippen LogP contribution >= 0.6 is 11.6 Å². The molecule has 0 radical (unpaired) electrons. The number of rotatable bonds is 4. The number of nitrogens with two attached hydrogens (primary N) is 1. The average molecular weight is 393 g/mol. The van der Waals surface area contributed by atoms with Crippen LogP contribution in [0.25, 0.3) is 11.0 Å². The number of carbonyl (C=O) groups is 1. The first-order valence-electron chi connectivity index (χ1n) is 7.79. The number of halogens is 1. The maximum atomic E-state index is 12.6. The van der Waals surface area contributed by atoms with Crippen LogP contribution < -0.4 is 11.1 Å². The summed E-state index contributed by atoms with van der Waals surface area (Å²) in [7, 11) is -3.69. The largest absolute Gasteiger partial charge is 0.368 e. The van der Waals surface area contributed by atoms with E-state index in [1.165, 1.54) is 6.07 Å². The molecule has 3 aromatic rings. The Morgan fingerprint density at radius 3 is 2.46 bits per heavy atom. The number of aromatic nitrogens is 2. The van der Waals surface area contributed by atoms with Crippen LogP contribution in [0.2, 0.25) is 5.02 Å². The molecule has 2 aromatic carbocycles. The molecule has 1 aromatic heterocycles. The van der Waals surface area contributed by atoms with E-state index < -0.39 is 15.3 Å². The van der Waals surface area contributed by atoms with Gasteiger partial charge in [-0.25, -0.2) is 17.4 Å². The van der Waals surface area contributed by atoms with Crippen LogP contribution in [-0.4, -0.2) is 28.5 Å². The smallest absolute Gasteiger partial charge is 0.255 e. The summed E-state index contributed by atoms with van der Waals surface area (Å²) in [5.41, 5.74) is 7.40. The van der Waals surface area contributed by atoms with Crippen LogP contribution in [0.4, 0.5) is 11.6 Å². The Morgan fingerprint density at radius 2 is 1.85 bits per heavy atom. The van der Waals surface area contributed by atoms with E-state index in [1.807, 2.05) is 0 Å². The third kappa shape index (κ3) is 3.25. The molecule has 0 aliphatic carbocycles. The summed E-state index contributed by atoms with van der Waals surface area (Å²) in [4.78, 5) is 16.4. The molecule has 0 aliphatic rings. The van der Waals surface area contributed by atoms with Crippen LogP contribution in [0.15, 0.2) is 42.5 Å². The lowest BCUT2D eigenvalue weighted by atomic mass is 10.2. The van der Waals surface area contributed by atoms with Crippen LogP contribution in [0, 0.1) is 0 Å². The molecule has 0 aliphatic heterocycles. The number of anilines is 2. The summed E-state index contributed by atoms with van der Waals surface area (Å²) in [6.45, 7) is 3.12. The first-order chi connectivity index (χ1) is 12.2. The molecule has 0 spiro atoms. The van der Waals surface area contributed by atoms with Gasteiger partial charge in [0.15, 0.2) is 0 Å². The monoisotopic (exact) mass is 392 g/mol. The number of amides is 1. The molecule has 136 valence electrons. The fourth-order valence-electron chi connectivity index (χ4n) is 2.43. The highest BCUT2D eigenvalue weighted by molar-refractivity contribution is 7.90. The first kappa shape index (κ1) is 18.2. The van der Waals surface area contributed by atoms with Crippen molar-refractivity contribution in [3.05, 3.63) is 53.1 Å². The summed E-state index contributed by atoms with van der Waals surface area (Å²) >= 11 is 5.82. The van der Waals surface area contributed by atoms with Gasteiger partial charge < -0.3 is 11.1 Å². The third-order valence-corrected chi connectivity index (χ3v) is 6.19. The number of nitrogens with zero attached hydrogens (tertiary/aromatic N) is 2. The van der Waals surface area contributed by atoms with Crippen molar-refractivity contribution in [2.45, 2.75) is 19.1 Å². The highest BCUT2D eigenvalue weighted by Gasteiger charge is 2.24. The van der Waals surface area contributed by atoms with Crippen LogP contribution in [0.1, 0.15) is 24.2 Å². The Kier molecular flexibility index (Phi) is 4.64. The molecule has 1 amide bonds. The molecular weight excluding hydrogens is 376 g/mol. The van der Waals surface area contributed by atoms with Gasteiger partial charge in [0, 0.05) is 16.3 Å². The van der Waals surface area contributed by atoms with Gasteiger partial charge in [-0.15, -0.1) is 0 Å². The van der Waals surface area contributed by atoms with Crippen LogP contribution in [0.5, 0.6) is 0 Å². The van der Waals surface area contributed by atoms with E-state index in [2.05, 4.69) is 10.3 Å². The number of nitrogens with one attached hydrogen (secondary N) is 1. The van der Waals surface area contributed by atoms with E-state index in [0.29, 0.717) is 27.3 Å². The molecule has 0 saturated carbocycles. The number of nitrogen functional groups attached to an aromatic ring is 1. The Labute approximate surface area is 155 Å². The van der Waals surface area contributed by atoms with Crippen LogP contribution in [-0.2, 0) is 10.0 Å². The summed E-state index contributed by atoms with van der Waals surface area (Å²) in [5, 5.41) is 2.59. The van der Waals surface area contributed by atoms with E-state index in [1.54, 1.807) is 50.2 Å². The van der Waals surface area contributed by atoms with Gasteiger partial charge in [-0.1, -0.05) is 11.6 Å². The molecule has 3 N–H and O–H groups in total. The van der Waals surface area contributed by atoms with Gasteiger partial charge in [0.05, 0.1) is 16.3 Å². The molecule has 0 unspecified atom stereocenters. The summed E-state index contributed by atoms with van der Waals surface area (Å²) in [6, 6.07) is 11.2. The number of hydrogen-bond donors (Lipinski definition) is 2. The number of hydrogen-bond acceptors (Lipinski definition) is 5. The van der Waals surface area contributed by atoms with Gasteiger partial charge in [-0.3, -0.25) is 4.79 Å². The van der Waals surface area contributed by atoms with Gasteiger partial charge in [0.25, 0.3) is 5.91 Å². The van der Waals surface area contributed by atoms with Crippen molar-refractivity contribution >= 4 is 50.2 Å². The SMILES string of the molecule is CC(C)S(=O)(=O)n1c(N)nc2ccc(NC(=O)c3ccc(Cl)cc3)cc21. The molecule has 0 fully saturated rings. The Hall–Kier alpha value is -2.58. The van der Waals surface area contributed by atoms with E-state index in [0.717, 1.165) is 3.97 Å². The zero-order chi connectivity index (χ0) is 19.1. The second kappa shape index (κ2) is 6.62. The normalized spacial score (nSPS) is 11.8. The summed E-state index contributed by atoms with van der Waals surface area (Å²) in [6.07, 6.45) is 0. The lowest BCUT2D eigenvalue weighted by Gasteiger charge is -2.12. The second-order valence-electron chi connectivity index (χ2n) is 5.99. The molecular formula is C17H17ClN4O3S. The zero-order valence-corrected chi connectivity index (χ0v) is 15.7. The van der Waals surface area contributed by atoms with Gasteiger partial charge in [0.2, 0.25) is 16.0 Å². The minimum Gasteiger partial charge on any atom is -0.368 e. The minimum atomic E-state index is -3.69. The number of fused-ring (bicyclic) bond motifs is 1. The Morgan fingerprint density at radius 1 is 1.19 bits per heavy atom. The maximum Gasteiger partial charge on any atom is 0.255 e. The van der Waals surface area contributed by atoms with Crippen molar-refractivity contribution in [1.29, 1.82) is 0 Å². The molecule has 9 heteroatoms. The third-order valence-electron chi connectivity index (χ3n) is 3.85. The topological polar surface area (TPSA) is 107 Å². The van der Waals surface area contributed by atoms with Crippen molar-refractivity contribution in [2.24, 2.45) is 0 Å². The highest BCUT2D eigenvalue weighted by atomic mass is 35.5. The predicted octanol–water partition coefficient (Wildman–Crippen LogP) is 3.11. The van der Waals surface area contributed by atoms with Gasteiger partial charge >= 0.3 is 0 Å². The number of benzene rings is 2. The minimum absolute atomic E-state index is 0.116. The predicted molar refractivity (Wildman–Crippen MR) is 103 cm³/mol. The summed E-state index contributed by atoms with van der Waals surface area (Å²) in [5.74, 6) is -0.457. The molecule has 3 rings (SSSR count). The molecule has 0 bridgehead atoms. The number of imidazole rings is 1. The van der Waals surface area contributed by atoms with Crippen molar-refractivity contribution in [3.63, 3.8) is 0 Å². The van der Waals surface area contributed by atoms with E-state index in [-0.39, 0.29) is 11.9 Å². The fraction of sp³-hybridized carbons (Fsp3) is 0.176. The lowest BCUT2D eigenvalue weighted by molar-refractivity contribution is 0.102. The quantitative estimate of drug-likeness (QED) is 0.709. The molecule has 0 saturated heterocycles. The highest BCUT2D eigenvalue weighted by Crippen LogP contribution is 2.25. The molecule has 1 heterocycles. The number of carbonyl (C=O) groups excluding carboxylic acids is 1. The van der Waals surface area contributed by atoms with Crippen molar-refractivity contribution in [2.75, 3.05) is 11.1 Å². The zero-order valence-electron chi connectivity index (χ0n) is 14.1. The van der Waals surface area contributed by atoms with Gasteiger partial charge in [0.1, 0.15) is 0 Å². The van der Waals surface area contributed by atoms with Gasteiger partial charge in [-0.2, -0.15) is 0 Å². The van der Waals surface area contributed by atoms with Crippen molar-refractivity contribution < 1.29 is 13.2 Å². The van der Waals surface area contributed by atoms with Gasteiger partial charge in [-0.05, 0) is 56.3 Å². The molecule has 0 atom stereocenters. The average Bonchev–Trinajstić information content (AvgIpc) is 2.91. The van der Waals surface area contributed by atoms with Crippen LogP contribution in [0.3, 0.4) is 0 Å². The summed E-state index contributed by atoms with van der Waals surface area (Å²) < 4.78 is 26.1. The van der Waals surface area contributed by atoms with E-state index in [4.69, 9.17) is 17.3 Å². The molecule has 7 nitrogen and oxygen atoms in total.